The highest BCUT2D eigenvalue weighted by atomic mass is 19.1. The first-order valence-electron chi connectivity index (χ1n) is 6.04. The summed E-state index contributed by atoms with van der Waals surface area (Å²) in [6.45, 7) is 3.38. The van der Waals surface area contributed by atoms with Gasteiger partial charge in [-0.05, 0) is 44.5 Å². The van der Waals surface area contributed by atoms with Crippen molar-refractivity contribution in [3.05, 3.63) is 35.4 Å². The van der Waals surface area contributed by atoms with Crippen LogP contribution in [-0.2, 0) is 0 Å². The molecule has 0 spiro atoms. The smallest absolute Gasteiger partial charge is 0.128 e. The normalized spacial score (nSPS) is 22.9. The molecule has 2 rings (SSSR count). The molecule has 2 N–H and O–H groups in total. The number of halogens is 2. The van der Waals surface area contributed by atoms with Gasteiger partial charge in [0.15, 0.2) is 0 Å². The van der Waals surface area contributed by atoms with Crippen LogP contribution in [0.5, 0.6) is 0 Å². The van der Waals surface area contributed by atoms with E-state index in [9.17, 15) is 8.78 Å². The highest BCUT2D eigenvalue weighted by Crippen LogP contribution is 2.30. The minimum Gasteiger partial charge on any atom is -0.329 e. The molecule has 1 aliphatic heterocycles. The summed E-state index contributed by atoms with van der Waals surface area (Å²) in [4.78, 5) is 2.16. The number of rotatable bonds is 3. The Hall–Kier alpha value is -1.00. The Kier molecular flexibility index (Phi) is 3.74. The summed E-state index contributed by atoms with van der Waals surface area (Å²) in [5, 5.41) is 0. The fourth-order valence-electron chi connectivity index (χ4n) is 2.63. The number of nitrogens with zero attached hydrogens (tertiary/aromatic N) is 1. The van der Waals surface area contributed by atoms with Crippen LogP contribution in [-0.4, -0.2) is 24.0 Å². The molecule has 1 fully saturated rings. The zero-order valence-electron chi connectivity index (χ0n) is 10.00. The van der Waals surface area contributed by atoms with Gasteiger partial charge in [0.1, 0.15) is 11.6 Å². The molecule has 2 nitrogen and oxygen atoms in total. The summed E-state index contributed by atoms with van der Waals surface area (Å²) in [6.07, 6.45) is 2.11. The zero-order chi connectivity index (χ0) is 12.4. The van der Waals surface area contributed by atoms with E-state index in [4.69, 9.17) is 5.73 Å². The van der Waals surface area contributed by atoms with Gasteiger partial charge >= 0.3 is 0 Å². The quantitative estimate of drug-likeness (QED) is 0.879. The summed E-state index contributed by atoms with van der Waals surface area (Å²) >= 11 is 0. The van der Waals surface area contributed by atoms with Crippen molar-refractivity contribution in [1.29, 1.82) is 0 Å². The van der Waals surface area contributed by atoms with Gasteiger partial charge in [0, 0.05) is 24.2 Å². The van der Waals surface area contributed by atoms with Crippen molar-refractivity contribution < 1.29 is 8.78 Å². The first-order chi connectivity index (χ1) is 8.13. The molecule has 94 valence electrons. The SMILES string of the molecule is CC(c1cc(F)ccc1F)N1CCCC1CN. The standard InChI is InChI=1S/C13H18F2N2/c1-9(17-6-2-3-11(17)8-16)12-7-10(14)4-5-13(12)15/h4-5,7,9,11H,2-3,6,8,16H2,1H3. The lowest BCUT2D eigenvalue weighted by atomic mass is 10.0. The first-order valence-corrected chi connectivity index (χ1v) is 6.04. The van der Waals surface area contributed by atoms with E-state index in [0.29, 0.717) is 12.1 Å². The molecule has 1 aliphatic rings. The lowest BCUT2D eigenvalue weighted by Gasteiger charge is -2.30. The maximum absolute atomic E-state index is 13.7. The molecule has 0 bridgehead atoms. The molecule has 2 unspecified atom stereocenters. The topological polar surface area (TPSA) is 29.3 Å². The number of hydrogen-bond donors (Lipinski definition) is 1. The fraction of sp³-hybridized carbons (Fsp3) is 0.538. The predicted octanol–water partition coefficient (Wildman–Crippen LogP) is 2.45. The van der Waals surface area contributed by atoms with Gasteiger partial charge in [0.25, 0.3) is 0 Å². The van der Waals surface area contributed by atoms with Crippen molar-refractivity contribution >= 4 is 0 Å². The maximum atomic E-state index is 13.7. The van der Waals surface area contributed by atoms with Crippen molar-refractivity contribution in [1.82, 2.24) is 4.90 Å². The van der Waals surface area contributed by atoms with Crippen LogP contribution < -0.4 is 5.73 Å². The molecule has 0 aliphatic carbocycles. The number of likely N-dealkylation sites (tertiary alicyclic amines) is 1. The Labute approximate surface area is 100 Å². The van der Waals surface area contributed by atoms with E-state index in [0.717, 1.165) is 25.5 Å². The molecule has 0 aromatic heterocycles. The van der Waals surface area contributed by atoms with Gasteiger partial charge in [-0.3, -0.25) is 4.90 Å². The lowest BCUT2D eigenvalue weighted by Crippen LogP contribution is -2.37. The summed E-state index contributed by atoms with van der Waals surface area (Å²) in [5.74, 6) is -0.738. The molecular weight excluding hydrogens is 222 g/mol. The van der Waals surface area contributed by atoms with E-state index >= 15 is 0 Å². The van der Waals surface area contributed by atoms with Gasteiger partial charge in [-0.1, -0.05) is 0 Å². The number of benzene rings is 1. The van der Waals surface area contributed by atoms with E-state index in [2.05, 4.69) is 4.90 Å². The molecule has 17 heavy (non-hydrogen) atoms. The highest BCUT2D eigenvalue weighted by Gasteiger charge is 2.29. The van der Waals surface area contributed by atoms with E-state index < -0.39 is 5.82 Å². The minimum absolute atomic E-state index is 0.123. The van der Waals surface area contributed by atoms with Crippen molar-refractivity contribution in [3.8, 4) is 0 Å². The van der Waals surface area contributed by atoms with Crippen LogP contribution in [0.15, 0.2) is 18.2 Å². The first kappa shape index (κ1) is 12.5. The van der Waals surface area contributed by atoms with Crippen LogP contribution in [0.4, 0.5) is 8.78 Å². The van der Waals surface area contributed by atoms with Crippen molar-refractivity contribution in [2.45, 2.75) is 31.8 Å². The zero-order valence-corrected chi connectivity index (χ0v) is 10.00. The lowest BCUT2D eigenvalue weighted by molar-refractivity contribution is 0.193. The van der Waals surface area contributed by atoms with Gasteiger partial charge in [-0.15, -0.1) is 0 Å². The largest absolute Gasteiger partial charge is 0.329 e. The summed E-state index contributed by atoms with van der Waals surface area (Å²) < 4.78 is 26.8. The third-order valence-electron chi connectivity index (χ3n) is 3.60. The Morgan fingerprint density at radius 2 is 2.24 bits per heavy atom. The summed E-state index contributed by atoms with van der Waals surface area (Å²) in [5.41, 5.74) is 6.12. The van der Waals surface area contributed by atoms with Crippen LogP contribution in [0.25, 0.3) is 0 Å². The van der Waals surface area contributed by atoms with E-state index in [-0.39, 0.29) is 17.9 Å². The van der Waals surface area contributed by atoms with Crippen LogP contribution in [0.2, 0.25) is 0 Å². The minimum atomic E-state index is -0.392. The molecule has 1 saturated heterocycles. The van der Waals surface area contributed by atoms with Gasteiger partial charge in [-0.2, -0.15) is 0 Å². The molecule has 2 atom stereocenters. The maximum Gasteiger partial charge on any atom is 0.128 e. The number of hydrogen-bond acceptors (Lipinski definition) is 2. The average molecular weight is 240 g/mol. The molecular formula is C13H18F2N2. The number of nitrogens with two attached hydrogens (primary N) is 1. The summed E-state index contributed by atoms with van der Waals surface area (Å²) in [7, 11) is 0. The van der Waals surface area contributed by atoms with Crippen LogP contribution in [0.3, 0.4) is 0 Å². The second kappa shape index (κ2) is 5.10. The monoisotopic (exact) mass is 240 g/mol. The molecule has 4 heteroatoms. The van der Waals surface area contributed by atoms with Crippen molar-refractivity contribution in [2.75, 3.05) is 13.1 Å². The third-order valence-corrected chi connectivity index (χ3v) is 3.60. The Morgan fingerprint density at radius 1 is 1.47 bits per heavy atom. The van der Waals surface area contributed by atoms with Crippen LogP contribution in [0.1, 0.15) is 31.4 Å². The Morgan fingerprint density at radius 3 is 2.94 bits per heavy atom. The third kappa shape index (κ3) is 2.48. The van der Waals surface area contributed by atoms with Gasteiger partial charge in [0.2, 0.25) is 0 Å². The highest BCUT2D eigenvalue weighted by molar-refractivity contribution is 5.22. The molecule has 0 saturated carbocycles. The second-order valence-corrected chi connectivity index (χ2v) is 4.61. The molecule has 0 radical (unpaired) electrons. The van der Waals surface area contributed by atoms with E-state index in [1.54, 1.807) is 0 Å². The van der Waals surface area contributed by atoms with Crippen molar-refractivity contribution in [2.24, 2.45) is 5.73 Å². The molecule has 1 heterocycles. The van der Waals surface area contributed by atoms with E-state index in [1.165, 1.54) is 12.1 Å². The average Bonchev–Trinajstić information content (AvgIpc) is 2.79. The predicted molar refractivity (Wildman–Crippen MR) is 63.6 cm³/mol. The second-order valence-electron chi connectivity index (χ2n) is 4.61. The molecule has 1 aromatic rings. The molecule has 1 aromatic carbocycles. The van der Waals surface area contributed by atoms with Crippen molar-refractivity contribution in [3.63, 3.8) is 0 Å². The van der Waals surface area contributed by atoms with E-state index in [1.807, 2.05) is 6.92 Å². The Balaban J connectivity index is 2.24. The van der Waals surface area contributed by atoms with Gasteiger partial charge in [0.05, 0.1) is 0 Å². The van der Waals surface area contributed by atoms with Crippen LogP contribution in [0, 0.1) is 11.6 Å². The van der Waals surface area contributed by atoms with Gasteiger partial charge in [-0.25, -0.2) is 8.78 Å². The fourth-order valence-corrected chi connectivity index (χ4v) is 2.63. The molecule has 0 amide bonds. The summed E-state index contributed by atoms with van der Waals surface area (Å²) in [6, 6.07) is 3.78. The Bertz CT molecular complexity index is 395. The van der Waals surface area contributed by atoms with Gasteiger partial charge < -0.3 is 5.73 Å². The van der Waals surface area contributed by atoms with Crippen LogP contribution >= 0.6 is 0 Å².